The van der Waals surface area contributed by atoms with Crippen LogP contribution in [0.5, 0.6) is 0 Å². The molecule has 11 heteroatoms. The third kappa shape index (κ3) is 2.26. The van der Waals surface area contributed by atoms with E-state index in [1.54, 1.807) is 18.2 Å². The van der Waals surface area contributed by atoms with Gasteiger partial charge in [0.1, 0.15) is 0 Å². The molecule has 1 aromatic carbocycles. The van der Waals surface area contributed by atoms with Gasteiger partial charge in [-0.25, -0.2) is 25.1 Å². The van der Waals surface area contributed by atoms with Gasteiger partial charge in [0.25, 0.3) is 0 Å². The highest BCUT2D eigenvalue weighted by Gasteiger charge is 2.36. The molecule has 0 unspecified atom stereocenters. The Labute approximate surface area is 120 Å². The van der Waals surface area contributed by atoms with E-state index >= 15 is 0 Å². The van der Waals surface area contributed by atoms with E-state index in [0.717, 1.165) is 5.01 Å². The first-order valence-electron chi connectivity index (χ1n) is 5.87. The van der Waals surface area contributed by atoms with Crippen LogP contribution in [0.4, 0.5) is 30.5 Å². The first-order valence-corrected chi connectivity index (χ1v) is 5.87. The van der Waals surface area contributed by atoms with Crippen molar-refractivity contribution >= 4 is 17.3 Å². The molecule has 22 heavy (non-hydrogen) atoms. The third-order valence-corrected chi connectivity index (χ3v) is 2.87. The second-order valence-corrected chi connectivity index (χ2v) is 4.24. The Morgan fingerprint density at radius 3 is 2.27 bits per heavy atom. The monoisotopic (exact) mass is 312 g/mol. The van der Waals surface area contributed by atoms with Gasteiger partial charge in [0.2, 0.25) is 5.95 Å². The molecule has 3 rings (SSSR count). The molecule has 1 N–H and O–H groups in total. The number of nitrogens with one attached hydrogen (secondary N) is 1. The van der Waals surface area contributed by atoms with Crippen molar-refractivity contribution in [1.29, 1.82) is 0 Å². The van der Waals surface area contributed by atoms with E-state index in [4.69, 9.17) is 0 Å². The molecule has 0 fully saturated rings. The fourth-order valence-electron chi connectivity index (χ4n) is 1.89. The zero-order valence-corrected chi connectivity index (χ0v) is 10.7. The highest BCUT2D eigenvalue weighted by molar-refractivity contribution is 5.77. The summed E-state index contributed by atoms with van der Waals surface area (Å²) < 4.78 is 37.5. The van der Waals surface area contributed by atoms with Crippen molar-refractivity contribution < 1.29 is 18.2 Å². The van der Waals surface area contributed by atoms with Crippen LogP contribution in [0.2, 0.25) is 0 Å². The Morgan fingerprint density at radius 2 is 1.73 bits per heavy atom. The van der Waals surface area contributed by atoms with Crippen LogP contribution >= 0.6 is 0 Å². The Hall–Kier alpha value is -2.95. The third-order valence-electron chi connectivity index (χ3n) is 2.87. The van der Waals surface area contributed by atoms with Gasteiger partial charge in [-0.05, 0) is 12.1 Å². The summed E-state index contributed by atoms with van der Waals surface area (Å²) in [6.45, 7) is 0. The minimum absolute atomic E-state index is 0.148. The highest BCUT2D eigenvalue weighted by atomic mass is 19.4. The maximum Gasteiger partial charge on any atom is 0.419 e. The summed E-state index contributed by atoms with van der Waals surface area (Å²) in [4.78, 5) is 18.2. The molecule has 0 aliphatic carbocycles. The predicted octanol–water partition coefficient (Wildman–Crippen LogP) is 2.06. The van der Waals surface area contributed by atoms with Crippen molar-refractivity contribution in [1.82, 2.24) is 15.5 Å². The Bertz CT molecular complexity index is 721. The van der Waals surface area contributed by atoms with Crippen LogP contribution in [0.3, 0.4) is 0 Å². The molecule has 0 saturated carbocycles. The van der Waals surface area contributed by atoms with Crippen molar-refractivity contribution in [3.63, 3.8) is 0 Å². The molecule has 1 aliphatic rings. The summed E-state index contributed by atoms with van der Waals surface area (Å²) >= 11 is 0. The molecule has 0 amide bonds. The number of rotatable bonds is 2. The van der Waals surface area contributed by atoms with E-state index < -0.39 is 16.8 Å². The van der Waals surface area contributed by atoms with Gasteiger partial charge in [0, 0.05) is 17.5 Å². The lowest BCUT2D eigenvalue weighted by atomic mass is 10.2. The number of halogens is 3. The summed E-state index contributed by atoms with van der Waals surface area (Å²) in [5.74, 6) is -0.148. The molecule has 1 aromatic heterocycles. The molecule has 0 radical (unpaired) electrons. The zero-order chi connectivity index (χ0) is 15.9. The lowest BCUT2D eigenvalue weighted by molar-refractivity contribution is -0.502. The molecule has 114 valence electrons. The van der Waals surface area contributed by atoms with E-state index in [1.807, 2.05) is 0 Å². The predicted molar refractivity (Wildman–Crippen MR) is 68.2 cm³/mol. The Morgan fingerprint density at radius 1 is 1.14 bits per heavy atom. The quantitative estimate of drug-likeness (QED) is 0.671. The molecule has 8 nitrogen and oxygen atoms in total. The minimum atomic E-state index is -4.55. The largest absolute Gasteiger partial charge is 0.419 e. The van der Waals surface area contributed by atoms with Crippen LogP contribution in [-0.4, -0.2) is 15.0 Å². The molecule has 0 saturated heterocycles. The first kappa shape index (κ1) is 14.0. The summed E-state index contributed by atoms with van der Waals surface area (Å²) in [7, 11) is 0. The molecule has 0 bridgehead atoms. The van der Waals surface area contributed by atoms with Gasteiger partial charge in [-0.1, -0.05) is 17.7 Å². The highest BCUT2D eigenvalue weighted by Crippen LogP contribution is 2.36. The van der Waals surface area contributed by atoms with Crippen LogP contribution in [0.25, 0.3) is 0 Å². The fourth-order valence-corrected chi connectivity index (χ4v) is 1.89. The van der Waals surface area contributed by atoms with Crippen molar-refractivity contribution in [3.05, 3.63) is 52.3 Å². The van der Waals surface area contributed by atoms with Gasteiger partial charge >= 0.3 is 6.18 Å². The van der Waals surface area contributed by atoms with Gasteiger partial charge < -0.3 is 0 Å². The number of hydrazine groups is 3. The summed E-state index contributed by atoms with van der Waals surface area (Å²) in [5.41, 5.74) is 1.95. The lowest BCUT2D eigenvalue weighted by Gasteiger charge is -2.16. The zero-order valence-electron chi connectivity index (χ0n) is 10.7. The number of hydrogen-bond donors (Lipinski definition) is 1. The van der Waals surface area contributed by atoms with Gasteiger partial charge in [-0.15, -0.1) is 0 Å². The van der Waals surface area contributed by atoms with E-state index in [1.165, 1.54) is 6.07 Å². The normalized spacial score (nSPS) is 14.1. The second-order valence-electron chi connectivity index (χ2n) is 4.24. The summed E-state index contributed by atoms with van der Waals surface area (Å²) in [6.07, 6.45) is -3.33. The van der Waals surface area contributed by atoms with Crippen LogP contribution in [0.15, 0.2) is 36.7 Å². The number of hydrogen-bond acceptors (Lipinski definition) is 6. The van der Waals surface area contributed by atoms with Crippen molar-refractivity contribution in [2.24, 2.45) is 0 Å². The SMILES string of the molecule is O=[N+]([O-])N1NN(c2ncc(C(F)(F)F)cn2)c2ccccc21. The fraction of sp³-hybridized carbons (Fsp3) is 0.0909. The van der Waals surface area contributed by atoms with Crippen molar-refractivity contribution in [2.75, 3.05) is 10.1 Å². The number of benzene rings is 1. The molecular weight excluding hydrogens is 305 g/mol. The molecule has 0 spiro atoms. The number of fused-ring (bicyclic) bond motifs is 1. The molecule has 2 heterocycles. The van der Waals surface area contributed by atoms with E-state index in [9.17, 15) is 23.3 Å². The summed E-state index contributed by atoms with van der Waals surface area (Å²) in [5, 5.41) is 12.0. The molecular formula is C11H7F3N6O2. The molecule has 1 aliphatic heterocycles. The van der Waals surface area contributed by atoms with Crippen molar-refractivity contribution in [2.45, 2.75) is 6.18 Å². The number of alkyl halides is 3. The Balaban J connectivity index is 1.98. The maximum absolute atomic E-state index is 12.5. The Kier molecular flexibility index (Phi) is 3.06. The van der Waals surface area contributed by atoms with Gasteiger partial charge in [0.15, 0.2) is 10.7 Å². The lowest BCUT2D eigenvalue weighted by Crippen LogP contribution is -2.45. The minimum Gasteiger partial charge on any atom is -0.233 e. The standard InChI is InChI=1S/C11H7F3N6O2/c12-11(13,14)7-5-15-10(16-6-7)18-8-3-1-2-4-9(8)19(17-18)20(21)22/h1-6,17H. The van der Waals surface area contributed by atoms with Crippen LogP contribution in [-0.2, 0) is 6.18 Å². The first-order chi connectivity index (χ1) is 10.4. The smallest absolute Gasteiger partial charge is 0.233 e. The van der Waals surface area contributed by atoms with Crippen LogP contribution in [0, 0.1) is 10.1 Å². The number of para-hydroxylation sites is 2. The number of anilines is 3. The van der Waals surface area contributed by atoms with Gasteiger partial charge in [-0.2, -0.15) is 13.2 Å². The molecule has 2 aromatic rings. The van der Waals surface area contributed by atoms with Gasteiger partial charge in [0.05, 0.1) is 11.3 Å². The van der Waals surface area contributed by atoms with Crippen LogP contribution in [0.1, 0.15) is 5.56 Å². The number of aromatic nitrogens is 2. The second kappa shape index (κ2) is 4.80. The van der Waals surface area contributed by atoms with Crippen LogP contribution < -0.4 is 15.7 Å². The van der Waals surface area contributed by atoms with Gasteiger partial charge in [-0.3, -0.25) is 0 Å². The van der Waals surface area contributed by atoms with E-state index in [2.05, 4.69) is 15.5 Å². The van der Waals surface area contributed by atoms with E-state index in [0.29, 0.717) is 23.2 Å². The van der Waals surface area contributed by atoms with E-state index in [-0.39, 0.29) is 11.6 Å². The van der Waals surface area contributed by atoms with Crippen molar-refractivity contribution in [3.8, 4) is 0 Å². The average molecular weight is 312 g/mol. The average Bonchev–Trinajstić information content (AvgIpc) is 2.86. The topological polar surface area (TPSA) is 87.4 Å². The number of nitro groups is 1. The molecule has 0 atom stereocenters. The number of nitrogens with zero attached hydrogens (tertiary/aromatic N) is 5. The summed E-state index contributed by atoms with van der Waals surface area (Å²) in [6, 6.07) is 6.25. The maximum atomic E-state index is 12.5.